The average molecular weight is 289 g/mol. The Kier molecular flexibility index (Phi) is 5.72. The summed E-state index contributed by atoms with van der Waals surface area (Å²) >= 11 is 6.16. The Labute approximate surface area is 118 Å². The monoisotopic (exact) mass is 288 g/mol. The molecule has 0 aliphatic rings. The second-order valence-electron chi connectivity index (χ2n) is 4.32. The highest BCUT2D eigenvalue weighted by molar-refractivity contribution is 6.36. The average Bonchev–Trinajstić information content (AvgIpc) is 2.69. The van der Waals surface area contributed by atoms with Crippen molar-refractivity contribution in [1.29, 1.82) is 0 Å². The quantitative estimate of drug-likeness (QED) is 0.832. The summed E-state index contributed by atoms with van der Waals surface area (Å²) in [7, 11) is 4.14. The van der Waals surface area contributed by atoms with Gasteiger partial charge in [0, 0.05) is 6.54 Å². The maximum absolute atomic E-state index is 6.16. The standard InChI is InChI=1S/C12H17ClN4.ClH/c1-17(2)8-4-7-14-12-11-9(13)5-3-6-10(11)15-16-12;/h3,5-6H,4,7-8H2,1-2H3,(H2,14,15,16);1H. The van der Waals surface area contributed by atoms with Gasteiger partial charge in [-0.15, -0.1) is 12.4 Å². The molecule has 0 fully saturated rings. The fourth-order valence-corrected chi connectivity index (χ4v) is 2.02. The summed E-state index contributed by atoms with van der Waals surface area (Å²) in [6, 6.07) is 5.77. The molecule has 18 heavy (non-hydrogen) atoms. The number of aromatic amines is 1. The van der Waals surface area contributed by atoms with Gasteiger partial charge in [0.15, 0.2) is 5.82 Å². The smallest absolute Gasteiger partial charge is 0.157 e. The van der Waals surface area contributed by atoms with Crippen LogP contribution < -0.4 is 5.32 Å². The molecule has 1 aromatic heterocycles. The molecule has 0 aliphatic heterocycles. The van der Waals surface area contributed by atoms with Gasteiger partial charge in [0.1, 0.15) is 0 Å². The lowest BCUT2D eigenvalue weighted by Crippen LogP contribution is -2.16. The van der Waals surface area contributed by atoms with Gasteiger partial charge in [-0.05, 0) is 39.2 Å². The van der Waals surface area contributed by atoms with Gasteiger partial charge in [-0.2, -0.15) is 5.10 Å². The van der Waals surface area contributed by atoms with Crippen LogP contribution in [0.1, 0.15) is 6.42 Å². The van der Waals surface area contributed by atoms with Crippen LogP contribution in [0.3, 0.4) is 0 Å². The van der Waals surface area contributed by atoms with Crippen LogP contribution in [0.2, 0.25) is 5.02 Å². The zero-order chi connectivity index (χ0) is 12.3. The molecule has 0 radical (unpaired) electrons. The molecule has 0 unspecified atom stereocenters. The van der Waals surface area contributed by atoms with E-state index in [4.69, 9.17) is 11.6 Å². The van der Waals surface area contributed by atoms with Crippen molar-refractivity contribution in [2.75, 3.05) is 32.5 Å². The molecule has 2 N–H and O–H groups in total. The van der Waals surface area contributed by atoms with Crippen molar-refractivity contribution in [3.05, 3.63) is 23.2 Å². The van der Waals surface area contributed by atoms with Crippen LogP contribution >= 0.6 is 24.0 Å². The van der Waals surface area contributed by atoms with Crippen LogP contribution in [-0.2, 0) is 0 Å². The zero-order valence-electron chi connectivity index (χ0n) is 10.5. The second-order valence-corrected chi connectivity index (χ2v) is 4.73. The Hall–Kier alpha value is -0.970. The van der Waals surface area contributed by atoms with Gasteiger partial charge >= 0.3 is 0 Å². The van der Waals surface area contributed by atoms with Crippen molar-refractivity contribution >= 4 is 40.7 Å². The Morgan fingerprint density at radius 2 is 2.17 bits per heavy atom. The molecule has 2 rings (SSSR count). The van der Waals surface area contributed by atoms with Gasteiger partial charge in [-0.3, -0.25) is 5.10 Å². The molecule has 1 aromatic carbocycles. The third-order valence-electron chi connectivity index (χ3n) is 2.61. The molecule has 4 nitrogen and oxygen atoms in total. The van der Waals surface area contributed by atoms with Gasteiger partial charge in [0.2, 0.25) is 0 Å². The zero-order valence-corrected chi connectivity index (χ0v) is 12.1. The van der Waals surface area contributed by atoms with Crippen LogP contribution in [-0.4, -0.2) is 42.3 Å². The van der Waals surface area contributed by atoms with Crippen molar-refractivity contribution in [2.24, 2.45) is 0 Å². The minimum Gasteiger partial charge on any atom is -0.368 e. The summed E-state index contributed by atoms with van der Waals surface area (Å²) in [5, 5.41) is 12.2. The Bertz CT molecular complexity index is 496. The lowest BCUT2D eigenvalue weighted by molar-refractivity contribution is 0.405. The number of benzene rings is 1. The van der Waals surface area contributed by atoms with Gasteiger partial charge in [-0.1, -0.05) is 17.7 Å². The number of hydrogen-bond donors (Lipinski definition) is 2. The van der Waals surface area contributed by atoms with Crippen molar-refractivity contribution in [1.82, 2.24) is 15.1 Å². The second kappa shape index (κ2) is 6.83. The van der Waals surface area contributed by atoms with E-state index in [1.54, 1.807) is 0 Å². The fourth-order valence-electron chi connectivity index (χ4n) is 1.76. The molecule has 0 saturated heterocycles. The normalized spacial score (nSPS) is 10.7. The van der Waals surface area contributed by atoms with E-state index in [2.05, 4.69) is 34.5 Å². The van der Waals surface area contributed by atoms with E-state index in [0.29, 0.717) is 0 Å². The predicted molar refractivity (Wildman–Crippen MR) is 80.0 cm³/mol. The summed E-state index contributed by atoms with van der Waals surface area (Å²) in [5.41, 5.74) is 0.965. The first-order valence-electron chi connectivity index (χ1n) is 5.69. The number of nitrogens with zero attached hydrogens (tertiary/aromatic N) is 2. The van der Waals surface area contributed by atoms with Crippen LogP contribution in [0.25, 0.3) is 10.9 Å². The Balaban J connectivity index is 0.00000162. The van der Waals surface area contributed by atoms with Crippen LogP contribution in [0.15, 0.2) is 18.2 Å². The number of nitrogens with one attached hydrogen (secondary N) is 2. The van der Waals surface area contributed by atoms with E-state index in [1.165, 1.54) is 0 Å². The fraction of sp³-hybridized carbons (Fsp3) is 0.417. The van der Waals surface area contributed by atoms with Crippen LogP contribution in [0.4, 0.5) is 5.82 Å². The third kappa shape index (κ3) is 3.51. The van der Waals surface area contributed by atoms with E-state index in [1.807, 2.05) is 18.2 Å². The van der Waals surface area contributed by atoms with Gasteiger partial charge in [0.05, 0.1) is 15.9 Å². The first kappa shape index (κ1) is 15.1. The van der Waals surface area contributed by atoms with E-state index < -0.39 is 0 Å². The third-order valence-corrected chi connectivity index (χ3v) is 2.93. The number of aromatic nitrogens is 2. The lowest BCUT2D eigenvalue weighted by atomic mass is 10.2. The molecule has 100 valence electrons. The van der Waals surface area contributed by atoms with Crippen molar-refractivity contribution in [2.45, 2.75) is 6.42 Å². The molecule has 2 aromatic rings. The minimum absolute atomic E-state index is 0. The van der Waals surface area contributed by atoms with Crippen molar-refractivity contribution < 1.29 is 0 Å². The summed E-state index contributed by atoms with van der Waals surface area (Å²) in [5.74, 6) is 0.837. The highest BCUT2D eigenvalue weighted by Gasteiger charge is 2.07. The summed E-state index contributed by atoms with van der Waals surface area (Å²) in [6.45, 7) is 1.95. The number of fused-ring (bicyclic) bond motifs is 1. The van der Waals surface area contributed by atoms with Crippen LogP contribution in [0.5, 0.6) is 0 Å². The number of hydrogen-bond acceptors (Lipinski definition) is 3. The minimum atomic E-state index is 0. The number of halogens is 2. The van der Waals surface area contributed by atoms with E-state index >= 15 is 0 Å². The maximum Gasteiger partial charge on any atom is 0.157 e. The van der Waals surface area contributed by atoms with Crippen LogP contribution in [0, 0.1) is 0 Å². The van der Waals surface area contributed by atoms with E-state index in [0.717, 1.165) is 41.3 Å². The number of anilines is 1. The van der Waals surface area contributed by atoms with Crippen molar-refractivity contribution in [3.63, 3.8) is 0 Å². The van der Waals surface area contributed by atoms with Gasteiger partial charge in [0.25, 0.3) is 0 Å². The highest BCUT2D eigenvalue weighted by atomic mass is 35.5. The maximum atomic E-state index is 6.16. The molecular formula is C12H18Cl2N4. The molecule has 0 spiro atoms. The molecule has 0 bridgehead atoms. The SMILES string of the molecule is CN(C)CCCNc1n[nH]c2cccc(Cl)c12.Cl. The summed E-state index contributed by atoms with van der Waals surface area (Å²) in [4.78, 5) is 2.16. The number of rotatable bonds is 5. The molecule has 0 aliphatic carbocycles. The first-order chi connectivity index (χ1) is 8.18. The van der Waals surface area contributed by atoms with Gasteiger partial charge in [-0.25, -0.2) is 0 Å². The molecule has 1 heterocycles. The highest BCUT2D eigenvalue weighted by Crippen LogP contribution is 2.27. The molecule has 0 atom stereocenters. The molecule has 0 amide bonds. The number of H-pyrrole nitrogens is 1. The predicted octanol–water partition coefficient (Wildman–Crippen LogP) is 3.00. The van der Waals surface area contributed by atoms with Crippen molar-refractivity contribution in [3.8, 4) is 0 Å². The topological polar surface area (TPSA) is 44.0 Å². The van der Waals surface area contributed by atoms with E-state index in [-0.39, 0.29) is 12.4 Å². The molecule has 6 heteroatoms. The summed E-state index contributed by atoms with van der Waals surface area (Å²) < 4.78 is 0. The van der Waals surface area contributed by atoms with E-state index in [9.17, 15) is 0 Å². The molecular weight excluding hydrogens is 271 g/mol. The summed E-state index contributed by atoms with van der Waals surface area (Å²) in [6.07, 6.45) is 1.08. The Morgan fingerprint density at radius 3 is 2.89 bits per heavy atom. The first-order valence-corrected chi connectivity index (χ1v) is 6.07. The largest absolute Gasteiger partial charge is 0.368 e. The lowest BCUT2D eigenvalue weighted by Gasteiger charge is -2.09. The molecule has 0 saturated carbocycles. The Morgan fingerprint density at radius 1 is 1.39 bits per heavy atom. The van der Waals surface area contributed by atoms with Gasteiger partial charge < -0.3 is 10.2 Å².